The van der Waals surface area contributed by atoms with Crippen molar-refractivity contribution < 1.29 is 4.52 Å². The summed E-state index contributed by atoms with van der Waals surface area (Å²) in [6, 6.07) is 0. The van der Waals surface area contributed by atoms with E-state index in [-0.39, 0.29) is 5.41 Å². The maximum absolute atomic E-state index is 5.86. The van der Waals surface area contributed by atoms with Gasteiger partial charge in [0.05, 0.1) is 5.41 Å². The van der Waals surface area contributed by atoms with Crippen LogP contribution >= 0.6 is 0 Å². The first kappa shape index (κ1) is 14.1. The van der Waals surface area contributed by atoms with Crippen LogP contribution in [0.25, 0.3) is 0 Å². The van der Waals surface area contributed by atoms with Crippen LogP contribution in [-0.4, -0.2) is 42.2 Å². The second-order valence-electron chi connectivity index (χ2n) is 4.76. The van der Waals surface area contributed by atoms with E-state index in [1.807, 2.05) is 14.1 Å². The first-order chi connectivity index (χ1) is 8.07. The second-order valence-corrected chi connectivity index (χ2v) is 4.76. The summed E-state index contributed by atoms with van der Waals surface area (Å²) in [7, 11) is 4.06. The molecule has 5 nitrogen and oxygen atoms in total. The van der Waals surface area contributed by atoms with Crippen LogP contribution in [0.5, 0.6) is 0 Å². The molecule has 0 aromatic carbocycles. The molecule has 0 saturated carbocycles. The molecule has 5 heteroatoms. The third-order valence-electron chi connectivity index (χ3n) is 3.45. The Morgan fingerprint density at radius 3 is 2.41 bits per heavy atom. The van der Waals surface area contributed by atoms with Crippen molar-refractivity contribution in [3.63, 3.8) is 0 Å². The highest BCUT2D eigenvalue weighted by Crippen LogP contribution is 2.28. The van der Waals surface area contributed by atoms with Crippen LogP contribution < -0.4 is 5.73 Å². The van der Waals surface area contributed by atoms with E-state index in [0.29, 0.717) is 12.4 Å². The molecule has 1 heterocycles. The topological polar surface area (TPSA) is 68.2 Å². The van der Waals surface area contributed by atoms with E-state index in [9.17, 15) is 0 Å². The Kier molecular flexibility index (Phi) is 5.08. The Bertz CT molecular complexity index is 323. The molecule has 1 aromatic rings. The summed E-state index contributed by atoms with van der Waals surface area (Å²) in [6.45, 7) is 5.70. The fourth-order valence-electron chi connectivity index (χ4n) is 1.82. The van der Waals surface area contributed by atoms with Gasteiger partial charge in [-0.1, -0.05) is 19.0 Å². The molecule has 0 spiro atoms. The summed E-state index contributed by atoms with van der Waals surface area (Å²) in [4.78, 5) is 6.59. The van der Waals surface area contributed by atoms with Gasteiger partial charge in [0, 0.05) is 19.5 Å². The SMILES string of the molecule is CCC(CC)(CN)c1nc(CCN(C)C)no1. The number of rotatable bonds is 7. The van der Waals surface area contributed by atoms with Crippen LogP contribution in [0.2, 0.25) is 0 Å². The van der Waals surface area contributed by atoms with Crippen LogP contribution in [0.15, 0.2) is 4.52 Å². The van der Waals surface area contributed by atoms with Gasteiger partial charge in [-0.25, -0.2) is 0 Å². The lowest BCUT2D eigenvalue weighted by Gasteiger charge is -2.24. The van der Waals surface area contributed by atoms with E-state index in [0.717, 1.165) is 31.6 Å². The molecule has 0 radical (unpaired) electrons. The molecule has 2 N–H and O–H groups in total. The molecule has 1 rings (SSSR count). The molecule has 0 bridgehead atoms. The van der Waals surface area contributed by atoms with E-state index in [2.05, 4.69) is 28.9 Å². The van der Waals surface area contributed by atoms with Crippen molar-refractivity contribution >= 4 is 0 Å². The molecule has 0 aliphatic heterocycles. The molecule has 1 aromatic heterocycles. The van der Waals surface area contributed by atoms with E-state index < -0.39 is 0 Å². The summed E-state index contributed by atoms with van der Waals surface area (Å²) < 4.78 is 5.38. The number of nitrogens with two attached hydrogens (primary N) is 1. The zero-order valence-corrected chi connectivity index (χ0v) is 11.4. The monoisotopic (exact) mass is 240 g/mol. The highest BCUT2D eigenvalue weighted by Gasteiger charge is 2.33. The molecular formula is C12H24N4O. The van der Waals surface area contributed by atoms with Crippen molar-refractivity contribution in [2.75, 3.05) is 27.2 Å². The van der Waals surface area contributed by atoms with Gasteiger partial charge < -0.3 is 15.2 Å². The predicted molar refractivity (Wildman–Crippen MR) is 67.9 cm³/mol. The Balaban J connectivity index is 2.78. The Hall–Kier alpha value is -0.940. The van der Waals surface area contributed by atoms with E-state index in [1.54, 1.807) is 0 Å². The van der Waals surface area contributed by atoms with Gasteiger partial charge in [-0.2, -0.15) is 4.98 Å². The normalized spacial score (nSPS) is 12.4. The van der Waals surface area contributed by atoms with Gasteiger partial charge in [0.25, 0.3) is 0 Å². The van der Waals surface area contributed by atoms with E-state index in [1.165, 1.54) is 0 Å². The van der Waals surface area contributed by atoms with Crippen LogP contribution in [0.3, 0.4) is 0 Å². The average Bonchev–Trinajstić information content (AvgIpc) is 2.79. The minimum absolute atomic E-state index is 0.149. The minimum Gasteiger partial charge on any atom is -0.339 e. The van der Waals surface area contributed by atoms with Crippen molar-refractivity contribution in [1.82, 2.24) is 15.0 Å². The van der Waals surface area contributed by atoms with Gasteiger partial charge in [0.15, 0.2) is 5.82 Å². The molecule has 98 valence electrons. The molecular weight excluding hydrogens is 216 g/mol. The lowest BCUT2D eigenvalue weighted by Crippen LogP contribution is -2.34. The summed E-state index contributed by atoms with van der Waals surface area (Å²) in [5, 5.41) is 4.03. The maximum Gasteiger partial charge on any atom is 0.234 e. The highest BCUT2D eigenvalue weighted by molar-refractivity contribution is 5.05. The lowest BCUT2D eigenvalue weighted by molar-refractivity contribution is 0.266. The molecule has 0 amide bonds. The third-order valence-corrected chi connectivity index (χ3v) is 3.45. The summed E-state index contributed by atoms with van der Waals surface area (Å²) in [6.07, 6.45) is 2.66. The summed E-state index contributed by atoms with van der Waals surface area (Å²) >= 11 is 0. The molecule has 0 aliphatic carbocycles. The largest absolute Gasteiger partial charge is 0.339 e. The van der Waals surface area contributed by atoms with Crippen molar-refractivity contribution in [3.8, 4) is 0 Å². The van der Waals surface area contributed by atoms with Crippen molar-refractivity contribution in [2.45, 2.75) is 38.5 Å². The van der Waals surface area contributed by atoms with Gasteiger partial charge >= 0.3 is 0 Å². The number of aromatic nitrogens is 2. The molecule has 0 atom stereocenters. The average molecular weight is 240 g/mol. The number of hydrogen-bond acceptors (Lipinski definition) is 5. The smallest absolute Gasteiger partial charge is 0.234 e. The highest BCUT2D eigenvalue weighted by atomic mass is 16.5. The standard InChI is InChI=1S/C12H24N4O/c1-5-12(6-2,9-13)11-14-10(15-17-11)7-8-16(3)4/h5-9,13H2,1-4H3. The first-order valence-corrected chi connectivity index (χ1v) is 6.25. The molecule has 0 unspecified atom stereocenters. The predicted octanol–water partition coefficient (Wildman–Crippen LogP) is 1.19. The van der Waals surface area contributed by atoms with E-state index >= 15 is 0 Å². The molecule has 0 aliphatic rings. The number of nitrogens with zero attached hydrogens (tertiary/aromatic N) is 3. The fraction of sp³-hybridized carbons (Fsp3) is 0.833. The molecule has 17 heavy (non-hydrogen) atoms. The van der Waals surface area contributed by atoms with Gasteiger partial charge in [0.2, 0.25) is 5.89 Å². The Morgan fingerprint density at radius 2 is 1.94 bits per heavy atom. The van der Waals surface area contributed by atoms with Gasteiger partial charge in [-0.15, -0.1) is 0 Å². The molecule has 0 saturated heterocycles. The fourth-order valence-corrected chi connectivity index (χ4v) is 1.82. The van der Waals surface area contributed by atoms with Crippen molar-refractivity contribution in [2.24, 2.45) is 5.73 Å². The second kappa shape index (κ2) is 6.12. The zero-order chi connectivity index (χ0) is 12.9. The van der Waals surface area contributed by atoms with Crippen molar-refractivity contribution in [3.05, 3.63) is 11.7 Å². The Labute approximate surface area is 103 Å². The van der Waals surface area contributed by atoms with Crippen LogP contribution in [0.4, 0.5) is 0 Å². The quantitative estimate of drug-likeness (QED) is 0.775. The summed E-state index contributed by atoms with van der Waals surface area (Å²) in [5.41, 5.74) is 5.71. The number of hydrogen-bond donors (Lipinski definition) is 1. The van der Waals surface area contributed by atoms with Crippen LogP contribution in [0.1, 0.15) is 38.4 Å². The van der Waals surface area contributed by atoms with Crippen LogP contribution in [0, 0.1) is 0 Å². The number of likely N-dealkylation sites (N-methyl/N-ethyl adjacent to an activating group) is 1. The Morgan fingerprint density at radius 1 is 1.29 bits per heavy atom. The van der Waals surface area contributed by atoms with Crippen LogP contribution in [-0.2, 0) is 11.8 Å². The van der Waals surface area contributed by atoms with Gasteiger partial charge in [0.1, 0.15) is 0 Å². The summed E-state index contributed by atoms with van der Waals surface area (Å²) in [5.74, 6) is 1.46. The minimum atomic E-state index is -0.149. The maximum atomic E-state index is 5.86. The van der Waals surface area contributed by atoms with Gasteiger partial charge in [-0.05, 0) is 26.9 Å². The molecule has 0 fully saturated rings. The zero-order valence-electron chi connectivity index (χ0n) is 11.4. The third kappa shape index (κ3) is 3.26. The van der Waals surface area contributed by atoms with Crippen molar-refractivity contribution in [1.29, 1.82) is 0 Å². The van der Waals surface area contributed by atoms with Gasteiger partial charge in [-0.3, -0.25) is 0 Å². The lowest BCUT2D eigenvalue weighted by atomic mass is 9.82. The first-order valence-electron chi connectivity index (χ1n) is 6.25. The van der Waals surface area contributed by atoms with E-state index in [4.69, 9.17) is 10.3 Å².